The van der Waals surface area contributed by atoms with Crippen LogP contribution in [0.2, 0.25) is 0 Å². The fourth-order valence-corrected chi connectivity index (χ4v) is 3.73. The largest absolute Gasteiger partial charge is 0.332 e. The normalized spacial score (nSPS) is 17.9. The molecule has 1 amide bonds. The summed E-state index contributed by atoms with van der Waals surface area (Å²) >= 11 is 0. The van der Waals surface area contributed by atoms with Crippen LogP contribution >= 0.6 is 0 Å². The van der Waals surface area contributed by atoms with Gasteiger partial charge in [0.2, 0.25) is 0 Å². The number of carbonyl (C=O) groups excluding carboxylic acids is 1. The Balaban J connectivity index is 1.97. The van der Waals surface area contributed by atoms with Gasteiger partial charge in [-0.15, -0.1) is 0 Å². The second-order valence-electron chi connectivity index (χ2n) is 5.98. The number of rotatable bonds is 3. The summed E-state index contributed by atoms with van der Waals surface area (Å²) in [6, 6.07) is 12.8. The molecule has 0 saturated carbocycles. The first kappa shape index (κ1) is 16.6. The van der Waals surface area contributed by atoms with Gasteiger partial charge >= 0.3 is 0 Å². The third kappa shape index (κ3) is 3.19. The predicted octanol–water partition coefficient (Wildman–Crippen LogP) is 3.21. The molecule has 4 nitrogen and oxygen atoms in total. The molecule has 3 rings (SSSR count). The van der Waals surface area contributed by atoms with Crippen molar-refractivity contribution in [3.05, 3.63) is 65.5 Å². The van der Waals surface area contributed by atoms with E-state index in [1.165, 1.54) is 6.07 Å². The summed E-state index contributed by atoms with van der Waals surface area (Å²) < 4.78 is 37.5. The molecule has 0 radical (unpaired) electrons. The number of sulfone groups is 1. The molecule has 1 saturated heterocycles. The zero-order valence-corrected chi connectivity index (χ0v) is 14.1. The van der Waals surface area contributed by atoms with Crippen LogP contribution in [0.15, 0.2) is 53.4 Å². The molecule has 24 heavy (non-hydrogen) atoms. The lowest BCUT2D eigenvalue weighted by Gasteiger charge is -2.25. The second-order valence-corrected chi connectivity index (χ2v) is 8.00. The van der Waals surface area contributed by atoms with Gasteiger partial charge in [0, 0.05) is 12.8 Å². The van der Waals surface area contributed by atoms with Gasteiger partial charge in [-0.2, -0.15) is 0 Å². The summed E-state index contributed by atoms with van der Waals surface area (Å²) in [7, 11) is -3.50. The lowest BCUT2D eigenvalue weighted by Crippen LogP contribution is -2.31. The predicted molar refractivity (Wildman–Crippen MR) is 89.0 cm³/mol. The van der Waals surface area contributed by atoms with Crippen molar-refractivity contribution in [3.63, 3.8) is 0 Å². The highest BCUT2D eigenvalue weighted by Gasteiger charge is 2.32. The van der Waals surface area contributed by atoms with Gasteiger partial charge in [0.05, 0.1) is 16.5 Å². The molecule has 1 aliphatic rings. The minimum absolute atomic E-state index is 0.0530. The van der Waals surface area contributed by atoms with Crippen molar-refractivity contribution < 1.29 is 17.6 Å². The number of hydrogen-bond acceptors (Lipinski definition) is 3. The Labute approximate surface area is 140 Å². The summed E-state index contributed by atoms with van der Waals surface area (Å²) in [6.07, 6.45) is 2.68. The number of likely N-dealkylation sites (tertiary alicyclic amines) is 1. The Hall–Kier alpha value is -2.21. The fraction of sp³-hybridized carbons (Fsp3) is 0.278. The zero-order chi connectivity index (χ0) is 17.3. The molecule has 0 bridgehead atoms. The van der Waals surface area contributed by atoms with E-state index in [-0.39, 0.29) is 16.5 Å². The van der Waals surface area contributed by atoms with Crippen molar-refractivity contribution in [1.82, 2.24) is 4.90 Å². The van der Waals surface area contributed by atoms with Crippen LogP contribution in [-0.4, -0.2) is 32.0 Å². The first-order valence-electron chi connectivity index (χ1n) is 7.73. The molecule has 1 fully saturated rings. The first-order valence-corrected chi connectivity index (χ1v) is 9.62. The van der Waals surface area contributed by atoms with Crippen LogP contribution in [0.4, 0.5) is 4.39 Å². The van der Waals surface area contributed by atoms with Crippen molar-refractivity contribution >= 4 is 15.7 Å². The quantitative estimate of drug-likeness (QED) is 0.801. The monoisotopic (exact) mass is 347 g/mol. The first-order chi connectivity index (χ1) is 11.4. The molecule has 6 heteroatoms. The molecule has 0 N–H and O–H groups in total. The second kappa shape index (κ2) is 6.36. The van der Waals surface area contributed by atoms with Gasteiger partial charge in [0.1, 0.15) is 5.82 Å². The third-order valence-corrected chi connectivity index (χ3v) is 5.40. The lowest BCUT2D eigenvalue weighted by molar-refractivity contribution is 0.0730. The van der Waals surface area contributed by atoms with Crippen molar-refractivity contribution in [2.75, 3.05) is 12.8 Å². The smallest absolute Gasteiger partial charge is 0.257 e. The molecule has 1 unspecified atom stereocenters. The Morgan fingerprint density at radius 1 is 1.17 bits per heavy atom. The highest BCUT2D eigenvalue weighted by Crippen LogP contribution is 2.33. The van der Waals surface area contributed by atoms with E-state index >= 15 is 0 Å². The number of benzene rings is 2. The molecule has 0 aromatic heterocycles. The Morgan fingerprint density at radius 3 is 2.54 bits per heavy atom. The van der Waals surface area contributed by atoms with Gasteiger partial charge in [-0.3, -0.25) is 4.79 Å². The zero-order valence-electron chi connectivity index (χ0n) is 13.3. The highest BCUT2D eigenvalue weighted by atomic mass is 32.2. The van der Waals surface area contributed by atoms with Gasteiger partial charge in [-0.1, -0.05) is 30.3 Å². The van der Waals surface area contributed by atoms with E-state index in [0.29, 0.717) is 6.54 Å². The van der Waals surface area contributed by atoms with Crippen LogP contribution in [0, 0.1) is 5.82 Å². The maximum absolute atomic E-state index is 14.1. The summed E-state index contributed by atoms with van der Waals surface area (Å²) in [5.74, 6) is -1.17. The highest BCUT2D eigenvalue weighted by molar-refractivity contribution is 7.90. The Morgan fingerprint density at radius 2 is 1.88 bits per heavy atom. The summed E-state index contributed by atoms with van der Waals surface area (Å²) in [5.41, 5.74) is 0.809. The molecule has 1 atom stereocenters. The van der Waals surface area contributed by atoms with Crippen molar-refractivity contribution in [2.24, 2.45) is 0 Å². The molecule has 0 aliphatic carbocycles. The third-order valence-electron chi connectivity index (χ3n) is 4.29. The number of amides is 1. The summed E-state index contributed by atoms with van der Waals surface area (Å²) in [5, 5.41) is 0. The number of nitrogens with zero attached hydrogens (tertiary/aromatic N) is 1. The maximum atomic E-state index is 14.1. The standard InChI is InChI=1S/C18H18FNO3S/c1-24(22,23)14-9-10-16(19)15(12-14)18(21)20-11-5-8-17(20)13-6-3-2-4-7-13/h2-4,6-7,9-10,12,17H,5,8,11H2,1H3. The average molecular weight is 347 g/mol. The van der Waals surface area contributed by atoms with E-state index < -0.39 is 21.6 Å². The number of hydrogen-bond donors (Lipinski definition) is 0. The van der Waals surface area contributed by atoms with Crippen LogP contribution in [0.5, 0.6) is 0 Å². The Kier molecular flexibility index (Phi) is 4.41. The molecule has 2 aromatic rings. The number of carbonyl (C=O) groups is 1. The SMILES string of the molecule is CS(=O)(=O)c1ccc(F)c(C(=O)N2CCCC2c2ccccc2)c1. The lowest BCUT2D eigenvalue weighted by atomic mass is 10.0. The van der Waals surface area contributed by atoms with Crippen molar-refractivity contribution in [3.8, 4) is 0 Å². The molecular weight excluding hydrogens is 329 g/mol. The molecule has 2 aromatic carbocycles. The van der Waals surface area contributed by atoms with Gasteiger partial charge in [0.15, 0.2) is 9.84 Å². The van der Waals surface area contributed by atoms with Crippen LogP contribution in [0.3, 0.4) is 0 Å². The van der Waals surface area contributed by atoms with Gasteiger partial charge in [-0.25, -0.2) is 12.8 Å². The van der Waals surface area contributed by atoms with E-state index in [1.807, 2.05) is 30.3 Å². The maximum Gasteiger partial charge on any atom is 0.257 e. The topological polar surface area (TPSA) is 54.5 Å². The van der Waals surface area contributed by atoms with Crippen molar-refractivity contribution in [1.29, 1.82) is 0 Å². The van der Waals surface area contributed by atoms with E-state index in [2.05, 4.69) is 0 Å². The van der Waals surface area contributed by atoms with E-state index in [0.717, 1.165) is 36.8 Å². The minimum atomic E-state index is -3.50. The van der Waals surface area contributed by atoms with Gasteiger partial charge < -0.3 is 4.90 Å². The molecule has 1 aliphatic heterocycles. The van der Waals surface area contributed by atoms with E-state index in [9.17, 15) is 17.6 Å². The molecular formula is C18H18FNO3S. The summed E-state index contributed by atoms with van der Waals surface area (Å²) in [6.45, 7) is 0.529. The summed E-state index contributed by atoms with van der Waals surface area (Å²) in [4.78, 5) is 14.4. The van der Waals surface area contributed by atoms with Gasteiger partial charge in [-0.05, 0) is 36.6 Å². The van der Waals surface area contributed by atoms with Crippen LogP contribution < -0.4 is 0 Å². The minimum Gasteiger partial charge on any atom is -0.332 e. The number of halogens is 1. The van der Waals surface area contributed by atoms with Crippen LogP contribution in [0.25, 0.3) is 0 Å². The Bertz CT molecular complexity index is 865. The molecule has 126 valence electrons. The van der Waals surface area contributed by atoms with Gasteiger partial charge in [0.25, 0.3) is 5.91 Å². The molecule has 1 heterocycles. The van der Waals surface area contributed by atoms with Crippen LogP contribution in [-0.2, 0) is 9.84 Å². The average Bonchev–Trinajstić information content (AvgIpc) is 3.04. The van der Waals surface area contributed by atoms with E-state index in [4.69, 9.17) is 0 Å². The van der Waals surface area contributed by atoms with Crippen LogP contribution in [0.1, 0.15) is 34.8 Å². The fourth-order valence-electron chi connectivity index (χ4n) is 3.09. The molecule has 0 spiro atoms. The van der Waals surface area contributed by atoms with E-state index in [1.54, 1.807) is 4.90 Å². The van der Waals surface area contributed by atoms with Crippen molar-refractivity contribution in [2.45, 2.75) is 23.8 Å².